The summed E-state index contributed by atoms with van der Waals surface area (Å²) >= 11 is 3.44. The highest BCUT2D eigenvalue weighted by Crippen LogP contribution is 2.23. The number of hydrogen-bond acceptors (Lipinski definition) is 2. The van der Waals surface area contributed by atoms with Gasteiger partial charge in [-0.3, -0.25) is 0 Å². The van der Waals surface area contributed by atoms with Crippen LogP contribution >= 0.6 is 15.9 Å². The molecule has 2 aromatic carbocycles. The van der Waals surface area contributed by atoms with E-state index >= 15 is 0 Å². The Kier molecular flexibility index (Phi) is 5.62. The van der Waals surface area contributed by atoms with Crippen LogP contribution in [0.15, 0.2) is 53.0 Å². The summed E-state index contributed by atoms with van der Waals surface area (Å²) in [4.78, 5) is 0. The van der Waals surface area contributed by atoms with Crippen LogP contribution in [0.2, 0.25) is 0 Å². The minimum Gasteiger partial charge on any atom is -0.496 e. The van der Waals surface area contributed by atoms with Crippen LogP contribution in [-0.2, 0) is 12.8 Å². The molecule has 20 heavy (non-hydrogen) atoms. The number of rotatable bonds is 6. The molecule has 0 aliphatic carbocycles. The number of benzene rings is 2. The lowest BCUT2D eigenvalue weighted by Crippen LogP contribution is -2.13. The third-order valence-corrected chi connectivity index (χ3v) is 3.93. The smallest absolute Gasteiger partial charge is 0.122 e. The molecule has 0 amide bonds. The zero-order chi connectivity index (χ0) is 14.4. The lowest BCUT2D eigenvalue weighted by atomic mass is 9.93. The van der Waals surface area contributed by atoms with Crippen LogP contribution in [0, 0.1) is 5.92 Å². The van der Waals surface area contributed by atoms with E-state index in [-0.39, 0.29) is 12.5 Å². The van der Waals surface area contributed by atoms with Gasteiger partial charge in [0.05, 0.1) is 7.11 Å². The molecule has 0 bridgehead atoms. The van der Waals surface area contributed by atoms with Crippen LogP contribution in [0.3, 0.4) is 0 Å². The maximum absolute atomic E-state index is 9.62. The van der Waals surface area contributed by atoms with Crippen molar-refractivity contribution in [1.29, 1.82) is 0 Å². The molecular weight excluding hydrogens is 316 g/mol. The molecule has 0 aromatic heterocycles. The lowest BCUT2D eigenvalue weighted by Gasteiger charge is -2.16. The second kappa shape index (κ2) is 7.46. The predicted molar refractivity (Wildman–Crippen MR) is 85.1 cm³/mol. The molecule has 0 saturated carbocycles. The average Bonchev–Trinajstić information content (AvgIpc) is 2.49. The first-order valence-electron chi connectivity index (χ1n) is 6.70. The highest BCUT2D eigenvalue weighted by Gasteiger charge is 2.12. The number of methoxy groups -OCH3 is 1. The van der Waals surface area contributed by atoms with Crippen LogP contribution in [0.25, 0.3) is 0 Å². The van der Waals surface area contributed by atoms with E-state index in [0.29, 0.717) is 0 Å². The SMILES string of the molecule is COc1ccccc1CC(CO)Cc1ccc(Br)cc1. The number of aliphatic hydroxyl groups is 1. The molecule has 2 rings (SSSR count). The minimum absolute atomic E-state index is 0.175. The van der Waals surface area contributed by atoms with E-state index in [2.05, 4.69) is 34.1 Å². The van der Waals surface area contributed by atoms with Crippen molar-refractivity contribution >= 4 is 15.9 Å². The molecule has 2 nitrogen and oxygen atoms in total. The summed E-state index contributed by atoms with van der Waals surface area (Å²) in [6.45, 7) is 0.175. The van der Waals surface area contributed by atoms with Crippen LogP contribution in [0.1, 0.15) is 11.1 Å². The monoisotopic (exact) mass is 334 g/mol. The number of hydrogen-bond donors (Lipinski definition) is 1. The van der Waals surface area contributed by atoms with E-state index in [4.69, 9.17) is 4.74 Å². The van der Waals surface area contributed by atoms with Crippen molar-refractivity contribution in [2.75, 3.05) is 13.7 Å². The maximum Gasteiger partial charge on any atom is 0.122 e. The molecular formula is C17H19BrO2. The predicted octanol–water partition coefficient (Wildman–Crippen LogP) is 3.85. The van der Waals surface area contributed by atoms with Gasteiger partial charge in [0.25, 0.3) is 0 Å². The fourth-order valence-corrected chi connectivity index (χ4v) is 2.60. The molecule has 2 aromatic rings. The zero-order valence-electron chi connectivity index (χ0n) is 11.6. The van der Waals surface area contributed by atoms with Gasteiger partial charge in [0.2, 0.25) is 0 Å². The minimum atomic E-state index is 0.175. The first-order valence-corrected chi connectivity index (χ1v) is 7.49. The van der Waals surface area contributed by atoms with Gasteiger partial charge < -0.3 is 9.84 Å². The Balaban J connectivity index is 2.07. The third-order valence-electron chi connectivity index (χ3n) is 3.40. The van der Waals surface area contributed by atoms with Gasteiger partial charge in [0.15, 0.2) is 0 Å². The molecule has 0 aliphatic rings. The van der Waals surface area contributed by atoms with Gasteiger partial charge in [-0.25, -0.2) is 0 Å². The Labute approximate surface area is 128 Å². The fraction of sp³-hybridized carbons (Fsp3) is 0.294. The van der Waals surface area contributed by atoms with Crippen LogP contribution in [-0.4, -0.2) is 18.8 Å². The van der Waals surface area contributed by atoms with Gasteiger partial charge in [-0.2, -0.15) is 0 Å². The summed E-state index contributed by atoms with van der Waals surface area (Å²) in [5.74, 6) is 1.09. The van der Waals surface area contributed by atoms with E-state index < -0.39 is 0 Å². The Hall–Kier alpha value is -1.32. The number of para-hydroxylation sites is 1. The van der Waals surface area contributed by atoms with Gasteiger partial charge >= 0.3 is 0 Å². The van der Waals surface area contributed by atoms with E-state index in [9.17, 15) is 5.11 Å². The summed E-state index contributed by atoms with van der Waals surface area (Å²) in [6.07, 6.45) is 1.68. The highest BCUT2D eigenvalue weighted by atomic mass is 79.9. The summed E-state index contributed by atoms with van der Waals surface area (Å²) in [7, 11) is 1.68. The molecule has 0 spiro atoms. The Morgan fingerprint density at radius 3 is 2.40 bits per heavy atom. The van der Waals surface area contributed by atoms with E-state index in [0.717, 1.165) is 28.6 Å². The first kappa shape index (κ1) is 15.1. The number of aliphatic hydroxyl groups excluding tert-OH is 1. The molecule has 1 atom stereocenters. The van der Waals surface area contributed by atoms with Gasteiger partial charge in [-0.1, -0.05) is 46.3 Å². The van der Waals surface area contributed by atoms with Gasteiger partial charge in [0.1, 0.15) is 5.75 Å². The molecule has 0 fully saturated rings. The van der Waals surface area contributed by atoms with Crippen LogP contribution < -0.4 is 4.74 Å². The summed E-state index contributed by atoms with van der Waals surface area (Å²) in [5.41, 5.74) is 2.38. The first-order chi connectivity index (χ1) is 9.72. The molecule has 1 N–H and O–H groups in total. The maximum atomic E-state index is 9.62. The molecule has 1 unspecified atom stereocenters. The lowest BCUT2D eigenvalue weighted by molar-refractivity contribution is 0.224. The van der Waals surface area contributed by atoms with Crippen LogP contribution in [0.4, 0.5) is 0 Å². The summed E-state index contributed by atoms with van der Waals surface area (Å²) in [5, 5.41) is 9.62. The topological polar surface area (TPSA) is 29.5 Å². The Morgan fingerprint density at radius 2 is 1.75 bits per heavy atom. The second-order valence-corrected chi connectivity index (χ2v) is 5.81. The molecule has 0 saturated heterocycles. The van der Waals surface area contributed by atoms with Crippen molar-refractivity contribution in [3.63, 3.8) is 0 Å². The van der Waals surface area contributed by atoms with E-state index in [1.54, 1.807) is 7.11 Å². The van der Waals surface area contributed by atoms with Crippen molar-refractivity contribution in [2.24, 2.45) is 5.92 Å². The largest absolute Gasteiger partial charge is 0.496 e. The zero-order valence-corrected chi connectivity index (χ0v) is 13.1. The van der Waals surface area contributed by atoms with Gasteiger partial charge in [-0.05, 0) is 48.1 Å². The highest BCUT2D eigenvalue weighted by molar-refractivity contribution is 9.10. The van der Waals surface area contributed by atoms with Gasteiger partial charge in [0, 0.05) is 11.1 Å². The van der Waals surface area contributed by atoms with Crippen LogP contribution in [0.5, 0.6) is 5.75 Å². The molecule has 0 aliphatic heterocycles. The van der Waals surface area contributed by atoms with E-state index in [1.807, 2.05) is 30.3 Å². The third kappa shape index (κ3) is 4.09. The van der Waals surface area contributed by atoms with Crippen molar-refractivity contribution in [3.8, 4) is 5.75 Å². The normalized spacial score (nSPS) is 12.2. The Bertz CT molecular complexity index is 537. The van der Waals surface area contributed by atoms with E-state index in [1.165, 1.54) is 5.56 Å². The van der Waals surface area contributed by atoms with Gasteiger partial charge in [-0.15, -0.1) is 0 Å². The quantitative estimate of drug-likeness (QED) is 0.869. The summed E-state index contributed by atoms with van der Waals surface area (Å²) in [6, 6.07) is 16.2. The summed E-state index contributed by atoms with van der Waals surface area (Å²) < 4.78 is 6.44. The number of ether oxygens (including phenoxy) is 1. The molecule has 3 heteroatoms. The average molecular weight is 335 g/mol. The van der Waals surface area contributed by atoms with Crippen molar-refractivity contribution < 1.29 is 9.84 Å². The Morgan fingerprint density at radius 1 is 1.05 bits per heavy atom. The second-order valence-electron chi connectivity index (χ2n) is 4.90. The van der Waals surface area contributed by atoms with Crippen molar-refractivity contribution in [1.82, 2.24) is 0 Å². The molecule has 0 heterocycles. The van der Waals surface area contributed by atoms with Crippen molar-refractivity contribution in [2.45, 2.75) is 12.8 Å². The molecule has 0 radical (unpaired) electrons. The standard InChI is InChI=1S/C17H19BrO2/c1-20-17-5-3-2-4-15(17)11-14(12-19)10-13-6-8-16(18)9-7-13/h2-9,14,19H,10-12H2,1H3. The van der Waals surface area contributed by atoms with Crippen molar-refractivity contribution in [3.05, 3.63) is 64.1 Å². The fourth-order valence-electron chi connectivity index (χ4n) is 2.34. The number of halogens is 1. The molecule has 106 valence electrons.